The number of carbonyl (C=O) groups is 2. The highest BCUT2D eigenvalue weighted by atomic mass is 16.5. The number of rotatable bonds is 6. The smallest absolute Gasteiger partial charge is 0.270 e. The van der Waals surface area contributed by atoms with Crippen LogP contribution in [0.4, 0.5) is 0 Å². The standard InChI is InChI=1S/C23H30N4O4/c1-4-17(18-8-5-9-21(24-18)30-3)25-22(28)16-13-19(27-11-12-31-14-20(16)27)23(29)26-10-6-7-15(26)2/h5,8-9,13,15,17H,4,6-7,10-12,14H2,1-3H3,(H,25,28)/t15?,17-/m1/s1. The van der Waals surface area contributed by atoms with Gasteiger partial charge in [-0.15, -0.1) is 0 Å². The summed E-state index contributed by atoms with van der Waals surface area (Å²) in [6.07, 6.45) is 2.71. The van der Waals surface area contributed by atoms with Crippen molar-refractivity contribution in [2.45, 2.75) is 58.3 Å². The average Bonchev–Trinajstić information content (AvgIpc) is 3.40. The molecule has 31 heavy (non-hydrogen) atoms. The van der Waals surface area contributed by atoms with E-state index >= 15 is 0 Å². The zero-order valence-corrected chi connectivity index (χ0v) is 18.4. The summed E-state index contributed by atoms with van der Waals surface area (Å²) in [6.45, 7) is 6.25. The van der Waals surface area contributed by atoms with E-state index in [0.29, 0.717) is 43.3 Å². The van der Waals surface area contributed by atoms with Gasteiger partial charge in [-0.3, -0.25) is 9.59 Å². The Morgan fingerprint density at radius 2 is 2.19 bits per heavy atom. The van der Waals surface area contributed by atoms with Crippen LogP contribution < -0.4 is 10.1 Å². The Kier molecular flexibility index (Phi) is 6.27. The van der Waals surface area contributed by atoms with Gasteiger partial charge in [-0.1, -0.05) is 13.0 Å². The van der Waals surface area contributed by atoms with Gasteiger partial charge in [-0.25, -0.2) is 4.98 Å². The van der Waals surface area contributed by atoms with Crippen LogP contribution in [-0.2, 0) is 17.9 Å². The molecule has 2 atom stereocenters. The van der Waals surface area contributed by atoms with Crippen molar-refractivity contribution in [3.63, 3.8) is 0 Å². The molecule has 2 aliphatic heterocycles. The van der Waals surface area contributed by atoms with E-state index in [9.17, 15) is 9.59 Å². The van der Waals surface area contributed by atoms with Gasteiger partial charge in [0.1, 0.15) is 5.69 Å². The van der Waals surface area contributed by atoms with Crippen LogP contribution in [0.3, 0.4) is 0 Å². The summed E-state index contributed by atoms with van der Waals surface area (Å²) in [5.41, 5.74) is 2.56. The summed E-state index contributed by atoms with van der Waals surface area (Å²) in [6, 6.07) is 7.20. The zero-order valence-electron chi connectivity index (χ0n) is 18.4. The molecule has 8 nitrogen and oxygen atoms in total. The van der Waals surface area contributed by atoms with Gasteiger partial charge in [-0.2, -0.15) is 0 Å². The Balaban J connectivity index is 1.61. The van der Waals surface area contributed by atoms with Gasteiger partial charge in [0.05, 0.1) is 43.3 Å². The summed E-state index contributed by atoms with van der Waals surface area (Å²) >= 11 is 0. The molecular weight excluding hydrogens is 396 g/mol. The normalized spacial score (nSPS) is 19.1. The molecule has 1 N–H and O–H groups in total. The quantitative estimate of drug-likeness (QED) is 0.768. The number of hydrogen-bond donors (Lipinski definition) is 1. The number of nitrogens with zero attached hydrogens (tertiary/aromatic N) is 3. The van der Waals surface area contributed by atoms with Crippen LogP contribution in [0.25, 0.3) is 0 Å². The summed E-state index contributed by atoms with van der Waals surface area (Å²) in [4.78, 5) is 32.9. The number of carbonyl (C=O) groups excluding carboxylic acids is 2. The molecule has 0 aliphatic carbocycles. The van der Waals surface area contributed by atoms with E-state index in [1.54, 1.807) is 19.2 Å². The number of aromatic nitrogens is 2. The van der Waals surface area contributed by atoms with Crippen LogP contribution in [0.1, 0.15) is 71.4 Å². The molecule has 4 heterocycles. The summed E-state index contributed by atoms with van der Waals surface area (Å²) in [7, 11) is 1.57. The van der Waals surface area contributed by atoms with Gasteiger partial charge in [0.2, 0.25) is 5.88 Å². The third-order valence-electron chi connectivity index (χ3n) is 6.21. The predicted molar refractivity (Wildman–Crippen MR) is 115 cm³/mol. The van der Waals surface area contributed by atoms with Crippen molar-refractivity contribution in [3.05, 3.63) is 46.9 Å². The van der Waals surface area contributed by atoms with E-state index in [1.807, 2.05) is 28.5 Å². The minimum absolute atomic E-state index is 0.00583. The number of amides is 2. The first-order valence-corrected chi connectivity index (χ1v) is 11.0. The first-order valence-electron chi connectivity index (χ1n) is 11.0. The fourth-order valence-electron chi connectivity index (χ4n) is 4.44. The number of nitrogens with one attached hydrogen (secondary N) is 1. The van der Waals surface area contributed by atoms with Gasteiger partial charge >= 0.3 is 0 Å². The summed E-state index contributed by atoms with van der Waals surface area (Å²) in [5.74, 6) is 0.278. The second kappa shape index (κ2) is 9.09. The van der Waals surface area contributed by atoms with E-state index in [1.165, 1.54) is 0 Å². The second-order valence-corrected chi connectivity index (χ2v) is 8.12. The largest absolute Gasteiger partial charge is 0.481 e. The Labute approximate surface area is 182 Å². The monoisotopic (exact) mass is 426 g/mol. The Hall–Kier alpha value is -2.87. The number of hydrogen-bond acceptors (Lipinski definition) is 5. The van der Waals surface area contributed by atoms with Gasteiger partial charge in [0, 0.05) is 25.2 Å². The lowest BCUT2D eigenvalue weighted by Gasteiger charge is -2.24. The zero-order chi connectivity index (χ0) is 22.0. The highest BCUT2D eigenvalue weighted by Crippen LogP contribution is 2.26. The van der Waals surface area contributed by atoms with E-state index in [-0.39, 0.29) is 23.9 Å². The highest BCUT2D eigenvalue weighted by Gasteiger charge is 2.32. The fourth-order valence-corrected chi connectivity index (χ4v) is 4.44. The number of ether oxygens (including phenoxy) is 2. The van der Waals surface area contributed by atoms with Crippen molar-refractivity contribution in [1.29, 1.82) is 0 Å². The molecule has 2 amide bonds. The molecule has 0 saturated carbocycles. The molecule has 8 heteroatoms. The Morgan fingerprint density at radius 3 is 2.90 bits per heavy atom. The minimum atomic E-state index is -0.264. The molecule has 1 saturated heterocycles. The van der Waals surface area contributed by atoms with E-state index in [0.717, 1.165) is 30.8 Å². The van der Waals surface area contributed by atoms with Crippen molar-refractivity contribution >= 4 is 11.8 Å². The maximum atomic E-state index is 13.3. The first kappa shape index (κ1) is 21.4. The minimum Gasteiger partial charge on any atom is -0.481 e. The van der Waals surface area contributed by atoms with Crippen LogP contribution in [0.2, 0.25) is 0 Å². The van der Waals surface area contributed by atoms with Crippen molar-refractivity contribution < 1.29 is 19.1 Å². The molecule has 1 unspecified atom stereocenters. The van der Waals surface area contributed by atoms with Crippen molar-refractivity contribution in [3.8, 4) is 5.88 Å². The summed E-state index contributed by atoms with van der Waals surface area (Å²) < 4.78 is 12.8. The van der Waals surface area contributed by atoms with Gasteiger partial charge in [-0.05, 0) is 38.3 Å². The topological polar surface area (TPSA) is 85.7 Å². The highest BCUT2D eigenvalue weighted by molar-refractivity contribution is 6.01. The maximum absolute atomic E-state index is 13.3. The molecule has 166 valence electrons. The molecule has 1 fully saturated rings. The lowest BCUT2D eigenvalue weighted by Crippen LogP contribution is -2.35. The number of likely N-dealkylation sites (tertiary alicyclic amines) is 1. The Morgan fingerprint density at radius 1 is 1.35 bits per heavy atom. The second-order valence-electron chi connectivity index (χ2n) is 8.12. The Bertz CT molecular complexity index is 970. The molecule has 0 radical (unpaired) electrons. The molecule has 2 aromatic heterocycles. The number of methoxy groups -OCH3 is 1. The molecule has 2 aliphatic rings. The SMILES string of the molecule is CC[C@@H](NC(=O)c1cc(C(=O)N2CCCC2C)n2c1COCC2)c1cccc(OC)n1. The first-order chi connectivity index (χ1) is 15.0. The summed E-state index contributed by atoms with van der Waals surface area (Å²) in [5, 5.41) is 3.08. The van der Waals surface area contributed by atoms with Gasteiger partial charge < -0.3 is 24.3 Å². The van der Waals surface area contributed by atoms with Crippen LogP contribution in [-0.4, -0.2) is 52.6 Å². The van der Waals surface area contributed by atoms with Crippen LogP contribution in [0.15, 0.2) is 24.3 Å². The third-order valence-corrected chi connectivity index (χ3v) is 6.21. The fraction of sp³-hybridized carbons (Fsp3) is 0.522. The maximum Gasteiger partial charge on any atom is 0.270 e. The average molecular weight is 427 g/mol. The molecule has 4 rings (SSSR count). The molecular formula is C23H30N4O4. The van der Waals surface area contributed by atoms with Crippen LogP contribution in [0.5, 0.6) is 5.88 Å². The van der Waals surface area contributed by atoms with E-state index in [4.69, 9.17) is 9.47 Å². The van der Waals surface area contributed by atoms with Crippen molar-refractivity contribution in [2.75, 3.05) is 20.3 Å². The van der Waals surface area contributed by atoms with E-state index < -0.39 is 0 Å². The van der Waals surface area contributed by atoms with Crippen LogP contribution >= 0.6 is 0 Å². The third kappa shape index (κ3) is 4.17. The van der Waals surface area contributed by atoms with Crippen LogP contribution in [0, 0.1) is 0 Å². The molecule has 0 aromatic carbocycles. The number of pyridine rings is 1. The molecule has 2 aromatic rings. The van der Waals surface area contributed by atoms with Crippen molar-refractivity contribution in [1.82, 2.24) is 19.8 Å². The number of fused-ring (bicyclic) bond motifs is 1. The lowest BCUT2D eigenvalue weighted by atomic mass is 10.1. The van der Waals surface area contributed by atoms with Gasteiger partial charge in [0.15, 0.2) is 0 Å². The van der Waals surface area contributed by atoms with Gasteiger partial charge in [0.25, 0.3) is 11.8 Å². The lowest BCUT2D eigenvalue weighted by molar-refractivity contribution is 0.0683. The van der Waals surface area contributed by atoms with E-state index in [2.05, 4.69) is 17.2 Å². The van der Waals surface area contributed by atoms with Crippen molar-refractivity contribution in [2.24, 2.45) is 0 Å². The molecule has 0 spiro atoms. The predicted octanol–water partition coefficient (Wildman–Crippen LogP) is 2.93. The molecule has 0 bridgehead atoms.